The Balaban J connectivity index is 1.68. The van der Waals surface area contributed by atoms with Crippen molar-refractivity contribution in [3.05, 3.63) is 54.0 Å². The van der Waals surface area contributed by atoms with Crippen LogP contribution < -0.4 is 10.6 Å². The van der Waals surface area contributed by atoms with Crippen molar-refractivity contribution >= 4 is 23.4 Å². The molecule has 0 radical (unpaired) electrons. The number of carbonyl (C=O) groups excluding carboxylic acids is 3. The van der Waals surface area contributed by atoms with E-state index in [4.69, 9.17) is 4.42 Å². The van der Waals surface area contributed by atoms with Crippen LogP contribution in [0.5, 0.6) is 0 Å². The minimum Gasteiger partial charge on any atom is -0.459 e. The minimum absolute atomic E-state index is 0.129. The lowest BCUT2D eigenvalue weighted by Gasteiger charge is -2.30. The molecule has 1 aliphatic heterocycles. The number of amides is 3. The molecule has 1 saturated heterocycles. The summed E-state index contributed by atoms with van der Waals surface area (Å²) >= 11 is 0. The van der Waals surface area contributed by atoms with Gasteiger partial charge in [0.1, 0.15) is 6.04 Å². The van der Waals surface area contributed by atoms with Crippen molar-refractivity contribution in [2.75, 3.05) is 18.4 Å². The molecule has 30 heavy (non-hydrogen) atoms. The minimum atomic E-state index is -0.779. The maximum atomic E-state index is 12.8. The molecule has 3 amide bonds. The molecule has 0 saturated carbocycles. The second-order valence-corrected chi connectivity index (χ2v) is 7.79. The summed E-state index contributed by atoms with van der Waals surface area (Å²) in [6.07, 6.45) is 2.34. The first-order valence-corrected chi connectivity index (χ1v) is 10.1. The Morgan fingerprint density at radius 3 is 2.67 bits per heavy atom. The van der Waals surface area contributed by atoms with Gasteiger partial charge in [0.05, 0.1) is 12.4 Å². The van der Waals surface area contributed by atoms with Gasteiger partial charge in [-0.1, -0.05) is 19.9 Å². The summed E-state index contributed by atoms with van der Waals surface area (Å²) in [5.41, 5.74) is 0.893. The molecule has 160 valence electrons. The maximum absolute atomic E-state index is 12.8. The number of nitrogens with one attached hydrogen (secondary N) is 2. The lowest BCUT2D eigenvalue weighted by atomic mass is 10.0. The molecule has 8 heteroatoms. The molecular weight excluding hydrogens is 386 g/mol. The number of furan rings is 1. The average Bonchev–Trinajstić information content (AvgIpc) is 3.26. The number of carbonyl (C=O) groups is 3. The zero-order valence-corrected chi connectivity index (χ0v) is 17.1. The Kier molecular flexibility index (Phi) is 6.89. The van der Waals surface area contributed by atoms with Crippen molar-refractivity contribution in [3.63, 3.8) is 0 Å². The molecule has 0 aliphatic carbocycles. The molecule has 0 unspecified atom stereocenters. The number of benzene rings is 1. The van der Waals surface area contributed by atoms with Crippen molar-refractivity contribution in [2.24, 2.45) is 5.92 Å². The fourth-order valence-electron chi connectivity index (χ4n) is 3.43. The number of piperidine rings is 1. The molecule has 3 rings (SSSR count). The summed E-state index contributed by atoms with van der Waals surface area (Å²) in [4.78, 5) is 39.4. The van der Waals surface area contributed by atoms with Gasteiger partial charge in [-0.05, 0) is 49.1 Å². The number of anilines is 1. The largest absolute Gasteiger partial charge is 0.459 e. The second kappa shape index (κ2) is 9.58. The molecule has 8 nitrogen and oxygen atoms in total. The number of hydrogen-bond acceptors (Lipinski definition) is 5. The molecule has 1 fully saturated rings. The van der Waals surface area contributed by atoms with E-state index in [2.05, 4.69) is 10.6 Å². The molecule has 2 heterocycles. The molecule has 1 aliphatic rings. The quantitative estimate of drug-likeness (QED) is 0.673. The van der Waals surface area contributed by atoms with Crippen LogP contribution in [0.15, 0.2) is 47.1 Å². The molecule has 2 atom stereocenters. The van der Waals surface area contributed by atoms with Crippen LogP contribution in [0.2, 0.25) is 0 Å². The predicted molar refractivity (Wildman–Crippen MR) is 111 cm³/mol. The second-order valence-electron chi connectivity index (χ2n) is 7.79. The summed E-state index contributed by atoms with van der Waals surface area (Å²) in [6, 6.07) is 9.00. The Hall–Kier alpha value is -3.13. The highest BCUT2D eigenvalue weighted by molar-refractivity contribution is 6.01. The number of nitrogens with zero attached hydrogens (tertiary/aromatic N) is 1. The molecule has 1 aromatic carbocycles. The van der Waals surface area contributed by atoms with Gasteiger partial charge in [0.2, 0.25) is 5.91 Å². The third-order valence-electron chi connectivity index (χ3n) is 5.04. The highest BCUT2D eigenvalue weighted by Crippen LogP contribution is 2.18. The van der Waals surface area contributed by atoms with E-state index in [1.54, 1.807) is 35.2 Å². The van der Waals surface area contributed by atoms with Crippen molar-refractivity contribution in [1.29, 1.82) is 0 Å². The van der Waals surface area contributed by atoms with Crippen molar-refractivity contribution in [1.82, 2.24) is 10.2 Å². The standard InChI is InChI=1S/C22H27N3O5/c1-14(2)19(24-20(27)18-9-5-11-30-18)21(28)23-16-7-3-6-15(12-16)22(29)25-10-4-8-17(26)13-25/h3,5-7,9,11-12,14,17,19,26H,4,8,10,13H2,1-2H3,(H,23,28)(H,24,27)/t17-,19+/m1/s1. The average molecular weight is 413 g/mol. The molecule has 0 spiro atoms. The Morgan fingerprint density at radius 1 is 1.20 bits per heavy atom. The van der Waals surface area contributed by atoms with Crippen molar-refractivity contribution < 1.29 is 23.9 Å². The first-order valence-electron chi connectivity index (χ1n) is 10.1. The van der Waals surface area contributed by atoms with E-state index < -0.39 is 18.1 Å². The fourth-order valence-corrected chi connectivity index (χ4v) is 3.43. The Bertz CT molecular complexity index is 894. The smallest absolute Gasteiger partial charge is 0.287 e. The lowest BCUT2D eigenvalue weighted by Crippen LogP contribution is -2.47. The van der Waals surface area contributed by atoms with Gasteiger partial charge in [0.25, 0.3) is 11.8 Å². The molecular formula is C22H27N3O5. The lowest BCUT2D eigenvalue weighted by molar-refractivity contribution is -0.118. The van der Waals surface area contributed by atoms with Crippen LogP contribution in [0, 0.1) is 5.92 Å². The Labute approximate surface area is 175 Å². The van der Waals surface area contributed by atoms with Crippen LogP contribution in [0.1, 0.15) is 47.6 Å². The predicted octanol–water partition coefficient (Wildman–Crippen LogP) is 2.27. The van der Waals surface area contributed by atoms with E-state index in [0.29, 0.717) is 30.8 Å². The van der Waals surface area contributed by atoms with Crippen LogP contribution >= 0.6 is 0 Å². The number of aliphatic hydroxyl groups excluding tert-OH is 1. The van der Waals surface area contributed by atoms with Gasteiger partial charge < -0.3 is 25.1 Å². The first-order chi connectivity index (χ1) is 14.3. The number of β-amino-alcohol motifs (C(OH)–C–C–N with tert-alkyl or cyclic N) is 1. The highest BCUT2D eigenvalue weighted by Gasteiger charge is 2.27. The fraction of sp³-hybridized carbons (Fsp3) is 0.409. The summed E-state index contributed by atoms with van der Waals surface area (Å²) in [5, 5.41) is 15.3. The van der Waals surface area contributed by atoms with Crippen molar-refractivity contribution in [3.8, 4) is 0 Å². The third kappa shape index (κ3) is 5.27. The summed E-state index contributed by atoms with van der Waals surface area (Å²) in [5.74, 6) is -1.07. The van der Waals surface area contributed by atoms with Crippen LogP contribution in [0.4, 0.5) is 5.69 Å². The van der Waals surface area contributed by atoms with Gasteiger partial charge in [-0.2, -0.15) is 0 Å². The Morgan fingerprint density at radius 2 is 2.00 bits per heavy atom. The molecule has 0 bridgehead atoms. The topological polar surface area (TPSA) is 112 Å². The van der Waals surface area contributed by atoms with Gasteiger partial charge in [-0.15, -0.1) is 0 Å². The zero-order chi connectivity index (χ0) is 21.7. The normalized spacial score (nSPS) is 17.5. The number of rotatable bonds is 6. The van der Waals surface area contributed by atoms with E-state index in [1.165, 1.54) is 12.3 Å². The van der Waals surface area contributed by atoms with E-state index in [1.807, 2.05) is 13.8 Å². The first kappa shape index (κ1) is 21.6. The molecule has 1 aromatic heterocycles. The van der Waals surface area contributed by atoms with E-state index in [-0.39, 0.29) is 23.5 Å². The van der Waals surface area contributed by atoms with E-state index >= 15 is 0 Å². The zero-order valence-electron chi connectivity index (χ0n) is 17.1. The SMILES string of the molecule is CC(C)[C@H](NC(=O)c1ccco1)C(=O)Nc1cccc(C(=O)N2CCC[C@@H](O)C2)c1. The summed E-state index contributed by atoms with van der Waals surface area (Å²) < 4.78 is 5.08. The maximum Gasteiger partial charge on any atom is 0.287 e. The van der Waals surface area contributed by atoms with Crippen LogP contribution in [-0.4, -0.2) is 53.0 Å². The number of aliphatic hydroxyl groups is 1. The van der Waals surface area contributed by atoms with Crippen molar-refractivity contribution in [2.45, 2.75) is 38.8 Å². The number of likely N-dealkylation sites (tertiary alicyclic amines) is 1. The highest BCUT2D eigenvalue weighted by atomic mass is 16.3. The summed E-state index contributed by atoms with van der Waals surface area (Å²) in [6.45, 7) is 4.56. The van der Waals surface area contributed by atoms with Gasteiger partial charge in [-0.3, -0.25) is 14.4 Å². The summed E-state index contributed by atoms with van der Waals surface area (Å²) in [7, 11) is 0. The van der Waals surface area contributed by atoms with E-state index in [9.17, 15) is 19.5 Å². The van der Waals surface area contributed by atoms with Gasteiger partial charge >= 0.3 is 0 Å². The van der Waals surface area contributed by atoms with Crippen LogP contribution in [0.25, 0.3) is 0 Å². The molecule has 2 aromatic rings. The van der Waals surface area contributed by atoms with E-state index in [0.717, 1.165) is 6.42 Å². The van der Waals surface area contributed by atoms with Crippen LogP contribution in [0.3, 0.4) is 0 Å². The monoisotopic (exact) mass is 413 g/mol. The molecule has 3 N–H and O–H groups in total. The van der Waals surface area contributed by atoms with Gasteiger partial charge in [0, 0.05) is 24.3 Å². The van der Waals surface area contributed by atoms with Crippen LogP contribution in [-0.2, 0) is 4.79 Å². The third-order valence-corrected chi connectivity index (χ3v) is 5.04. The number of hydrogen-bond donors (Lipinski definition) is 3. The van der Waals surface area contributed by atoms with Gasteiger partial charge in [-0.25, -0.2) is 0 Å². The van der Waals surface area contributed by atoms with Gasteiger partial charge in [0.15, 0.2) is 5.76 Å².